The molecule has 0 bridgehead atoms. The third-order valence-electron chi connectivity index (χ3n) is 6.18. The first-order valence-corrected chi connectivity index (χ1v) is 12.0. The normalized spacial score (nSPS) is 14.8. The summed E-state index contributed by atoms with van der Waals surface area (Å²) < 4.78 is 11.0. The number of nitrogens with zero attached hydrogens (tertiary/aromatic N) is 1. The lowest BCUT2D eigenvalue weighted by molar-refractivity contribution is -0.141. The molecule has 6 nitrogen and oxygen atoms in total. The molecule has 1 fully saturated rings. The number of rotatable bonds is 11. The van der Waals surface area contributed by atoms with Crippen molar-refractivity contribution in [1.82, 2.24) is 10.2 Å². The van der Waals surface area contributed by atoms with Crippen molar-refractivity contribution in [2.75, 3.05) is 13.7 Å². The van der Waals surface area contributed by atoms with Crippen LogP contribution < -0.4 is 14.8 Å². The topological polar surface area (TPSA) is 67.9 Å². The van der Waals surface area contributed by atoms with Crippen molar-refractivity contribution >= 4 is 11.8 Å². The summed E-state index contributed by atoms with van der Waals surface area (Å²) in [5, 5.41) is 3.17. The molecular weight excluding hydrogens is 416 g/mol. The zero-order valence-electron chi connectivity index (χ0n) is 19.8. The molecular formula is C27H36N2O4. The van der Waals surface area contributed by atoms with Gasteiger partial charge in [0.1, 0.15) is 17.5 Å². The van der Waals surface area contributed by atoms with Crippen LogP contribution >= 0.6 is 0 Å². The fourth-order valence-electron chi connectivity index (χ4n) is 4.15. The summed E-state index contributed by atoms with van der Waals surface area (Å²) in [6.07, 6.45) is 6.47. The number of hydrogen-bond acceptors (Lipinski definition) is 4. The van der Waals surface area contributed by atoms with Gasteiger partial charge in [0.25, 0.3) is 0 Å². The van der Waals surface area contributed by atoms with Crippen molar-refractivity contribution in [3.05, 3.63) is 60.2 Å². The Morgan fingerprint density at radius 2 is 1.70 bits per heavy atom. The summed E-state index contributed by atoms with van der Waals surface area (Å²) in [4.78, 5) is 27.9. The highest BCUT2D eigenvalue weighted by Crippen LogP contribution is 2.19. The monoisotopic (exact) mass is 452 g/mol. The molecule has 0 radical (unpaired) electrons. The molecule has 33 heavy (non-hydrogen) atoms. The fourth-order valence-corrected chi connectivity index (χ4v) is 4.15. The Morgan fingerprint density at radius 3 is 2.36 bits per heavy atom. The maximum atomic E-state index is 13.2. The van der Waals surface area contributed by atoms with Gasteiger partial charge < -0.3 is 19.7 Å². The van der Waals surface area contributed by atoms with Gasteiger partial charge in [0.15, 0.2) is 0 Å². The molecule has 0 saturated heterocycles. The minimum absolute atomic E-state index is 0.0474. The van der Waals surface area contributed by atoms with Gasteiger partial charge in [-0.15, -0.1) is 0 Å². The third-order valence-corrected chi connectivity index (χ3v) is 6.18. The van der Waals surface area contributed by atoms with Crippen molar-refractivity contribution in [3.63, 3.8) is 0 Å². The van der Waals surface area contributed by atoms with Gasteiger partial charge in [-0.25, -0.2) is 0 Å². The van der Waals surface area contributed by atoms with Crippen LogP contribution in [0.15, 0.2) is 54.6 Å². The Morgan fingerprint density at radius 1 is 1.00 bits per heavy atom. The maximum absolute atomic E-state index is 13.2. The standard InChI is InChI=1S/C27H36N2O4/c1-21(27(31)28-23-10-5-3-6-11-23)29(20-22-15-17-24(32-2)18-16-22)26(30)14-9-19-33-25-12-7-4-8-13-25/h4,7-8,12-13,15-18,21,23H,3,5-6,9-11,14,19-20H2,1-2H3,(H,28,31). The van der Waals surface area contributed by atoms with Crippen LogP contribution in [0, 0.1) is 0 Å². The van der Waals surface area contributed by atoms with Gasteiger partial charge >= 0.3 is 0 Å². The highest BCUT2D eigenvalue weighted by Gasteiger charge is 2.27. The molecule has 1 saturated carbocycles. The molecule has 178 valence electrons. The molecule has 3 rings (SSSR count). The summed E-state index contributed by atoms with van der Waals surface area (Å²) in [6.45, 7) is 2.65. The number of carbonyl (C=O) groups excluding carboxylic acids is 2. The molecule has 2 amide bonds. The molecule has 1 unspecified atom stereocenters. The van der Waals surface area contributed by atoms with Crippen LogP contribution in [0.4, 0.5) is 0 Å². The van der Waals surface area contributed by atoms with E-state index in [0.717, 1.165) is 42.7 Å². The van der Waals surface area contributed by atoms with Crippen molar-refractivity contribution in [3.8, 4) is 11.5 Å². The predicted octanol–water partition coefficient (Wildman–Crippen LogP) is 4.72. The summed E-state index contributed by atoms with van der Waals surface area (Å²) in [7, 11) is 1.63. The van der Waals surface area contributed by atoms with Gasteiger partial charge in [-0.05, 0) is 56.0 Å². The first-order chi connectivity index (χ1) is 16.1. The number of nitrogens with one attached hydrogen (secondary N) is 1. The van der Waals surface area contributed by atoms with Gasteiger partial charge in [-0.1, -0.05) is 49.6 Å². The van der Waals surface area contributed by atoms with Gasteiger partial charge in [-0.3, -0.25) is 9.59 Å². The Labute approximate surface area is 197 Å². The molecule has 0 heterocycles. The van der Waals surface area contributed by atoms with E-state index in [4.69, 9.17) is 9.47 Å². The SMILES string of the molecule is COc1ccc(CN(C(=O)CCCOc2ccccc2)C(C)C(=O)NC2CCCCC2)cc1. The van der Waals surface area contributed by atoms with Crippen molar-refractivity contribution in [1.29, 1.82) is 0 Å². The Bertz CT molecular complexity index is 863. The summed E-state index contributed by atoms with van der Waals surface area (Å²) in [5.74, 6) is 1.43. The molecule has 1 atom stereocenters. The van der Waals surface area contributed by atoms with Crippen LogP contribution in [0.3, 0.4) is 0 Å². The molecule has 6 heteroatoms. The summed E-state index contributed by atoms with van der Waals surface area (Å²) in [5.41, 5.74) is 0.960. The zero-order valence-corrected chi connectivity index (χ0v) is 19.8. The van der Waals surface area contributed by atoms with Gasteiger partial charge in [0.2, 0.25) is 11.8 Å². The first-order valence-electron chi connectivity index (χ1n) is 12.0. The van der Waals surface area contributed by atoms with Crippen molar-refractivity contribution in [2.45, 2.75) is 70.5 Å². The van der Waals surface area contributed by atoms with E-state index in [0.29, 0.717) is 26.0 Å². The van der Waals surface area contributed by atoms with Crippen molar-refractivity contribution in [2.24, 2.45) is 0 Å². The molecule has 2 aromatic carbocycles. The van der Waals surface area contributed by atoms with Crippen molar-refractivity contribution < 1.29 is 19.1 Å². The number of carbonyl (C=O) groups is 2. The smallest absolute Gasteiger partial charge is 0.242 e. The average Bonchev–Trinajstić information content (AvgIpc) is 2.86. The number of methoxy groups -OCH3 is 1. The van der Waals surface area contributed by atoms with Gasteiger partial charge in [-0.2, -0.15) is 0 Å². The van der Waals surface area contributed by atoms with E-state index in [1.165, 1.54) is 6.42 Å². The van der Waals surface area contributed by atoms with E-state index in [-0.39, 0.29) is 17.9 Å². The van der Waals surface area contributed by atoms with Crippen LogP contribution in [-0.2, 0) is 16.1 Å². The van der Waals surface area contributed by atoms with Crippen LogP contribution in [0.25, 0.3) is 0 Å². The third kappa shape index (κ3) is 7.81. The number of ether oxygens (including phenoxy) is 2. The lowest BCUT2D eigenvalue weighted by Gasteiger charge is -2.31. The second-order valence-electron chi connectivity index (χ2n) is 8.65. The quantitative estimate of drug-likeness (QED) is 0.501. The maximum Gasteiger partial charge on any atom is 0.242 e. The van der Waals surface area contributed by atoms with E-state index < -0.39 is 6.04 Å². The molecule has 0 aliphatic heterocycles. The molecule has 0 spiro atoms. The minimum atomic E-state index is -0.545. The molecule has 1 aliphatic rings. The average molecular weight is 453 g/mol. The zero-order chi connectivity index (χ0) is 23.5. The Kier molecular flexibility index (Phi) is 9.60. The van der Waals surface area contributed by atoms with Crippen LogP contribution in [0.1, 0.15) is 57.4 Å². The van der Waals surface area contributed by atoms with E-state index in [1.54, 1.807) is 12.0 Å². The number of hydrogen-bond donors (Lipinski definition) is 1. The number of benzene rings is 2. The summed E-state index contributed by atoms with van der Waals surface area (Å²) in [6, 6.07) is 16.9. The molecule has 0 aromatic heterocycles. The Balaban J connectivity index is 1.61. The van der Waals surface area contributed by atoms with Crippen LogP contribution in [-0.4, -0.2) is 42.5 Å². The number of para-hydroxylation sites is 1. The van der Waals surface area contributed by atoms with Gasteiger partial charge in [0.05, 0.1) is 13.7 Å². The van der Waals surface area contributed by atoms with Crippen LogP contribution in [0.2, 0.25) is 0 Å². The highest BCUT2D eigenvalue weighted by molar-refractivity contribution is 5.87. The van der Waals surface area contributed by atoms with E-state index >= 15 is 0 Å². The molecule has 1 aliphatic carbocycles. The predicted molar refractivity (Wildman–Crippen MR) is 129 cm³/mol. The second-order valence-corrected chi connectivity index (χ2v) is 8.65. The van der Waals surface area contributed by atoms with Gasteiger partial charge in [0, 0.05) is 19.0 Å². The van der Waals surface area contributed by atoms with Crippen LogP contribution in [0.5, 0.6) is 11.5 Å². The lowest BCUT2D eigenvalue weighted by atomic mass is 9.95. The highest BCUT2D eigenvalue weighted by atomic mass is 16.5. The second kappa shape index (κ2) is 12.9. The minimum Gasteiger partial charge on any atom is -0.497 e. The fraction of sp³-hybridized carbons (Fsp3) is 0.481. The molecule has 2 aromatic rings. The van der Waals surface area contributed by atoms with E-state index in [9.17, 15) is 9.59 Å². The van der Waals surface area contributed by atoms with E-state index in [2.05, 4.69) is 5.32 Å². The summed E-state index contributed by atoms with van der Waals surface area (Å²) >= 11 is 0. The largest absolute Gasteiger partial charge is 0.497 e. The lowest BCUT2D eigenvalue weighted by Crippen LogP contribution is -2.50. The molecule has 1 N–H and O–H groups in total. The number of amides is 2. The van der Waals surface area contributed by atoms with E-state index in [1.807, 2.05) is 61.5 Å². The Hall–Kier alpha value is -3.02. The first kappa shape index (κ1) is 24.6.